The fourth-order valence-electron chi connectivity index (χ4n) is 2.30. The normalized spacial score (nSPS) is 10.3. The van der Waals surface area contributed by atoms with Gasteiger partial charge in [0.25, 0.3) is 0 Å². The summed E-state index contributed by atoms with van der Waals surface area (Å²) in [5.74, 6) is 0. The zero-order valence-corrected chi connectivity index (χ0v) is 11.0. The molecule has 1 aromatic heterocycles. The number of hydrogen-bond acceptors (Lipinski definition) is 3. The van der Waals surface area contributed by atoms with Crippen LogP contribution in [-0.4, -0.2) is 10.2 Å². The number of aromatic nitrogens is 2. The second-order valence-corrected chi connectivity index (χ2v) is 4.64. The number of aryl methyl sites for hydroxylation is 2. The van der Waals surface area contributed by atoms with Gasteiger partial charge in [0.05, 0.1) is 16.8 Å². The molecule has 0 saturated heterocycles. The van der Waals surface area contributed by atoms with E-state index in [2.05, 4.69) is 28.4 Å². The van der Waals surface area contributed by atoms with E-state index in [-0.39, 0.29) is 0 Å². The summed E-state index contributed by atoms with van der Waals surface area (Å²) in [6, 6.07) is 20.1. The predicted octanol–water partition coefficient (Wildman–Crippen LogP) is 3.29. The van der Waals surface area contributed by atoms with Gasteiger partial charge in [-0.15, -0.1) is 0 Å². The fraction of sp³-hybridized carbons (Fsp3) is 0.118. The highest BCUT2D eigenvalue weighted by molar-refractivity contribution is 5.84. The van der Waals surface area contributed by atoms with Gasteiger partial charge in [0, 0.05) is 5.39 Å². The van der Waals surface area contributed by atoms with Crippen LogP contribution in [0.25, 0.3) is 10.9 Å². The molecule has 0 bridgehead atoms. The van der Waals surface area contributed by atoms with Crippen LogP contribution in [0, 0.1) is 11.3 Å². The number of fused-ring (bicyclic) bond motifs is 1. The van der Waals surface area contributed by atoms with E-state index < -0.39 is 0 Å². The zero-order valence-electron chi connectivity index (χ0n) is 11.0. The molecule has 0 radical (unpaired) electrons. The molecule has 20 heavy (non-hydrogen) atoms. The Morgan fingerprint density at radius 1 is 0.850 bits per heavy atom. The van der Waals surface area contributed by atoms with Gasteiger partial charge in [-0.1, -0.05) is 48.5 Å². The first-order valence-electron chi connectivity index (χ1n) is 6.57. The van der Waals surface area contributed by atoms with E-state index in [0.29, 0.717) is 5.56 Å². The zero-order chi connectivity index (χ0) is 13.8. The molecule has 0 amide bonds. The van der Waals surface area contributed by atoms with Gasteiger partial charge in [0.1, 0.15) is 6.07 Å². The number of hydrogen-bond donors (Lipinski definition) is 0. The molecular formula is C17H13N3. The highest BCUT2D eigenvalue weighted by atomic mass is 15.1. The maximum Gasteiger partial charge on any atom is 0.102 e. The summed E-state index contributed by atoms with van der Waals surface area (Å²) in [7, 11) is 0. The maximum absolute atomic E-state index is 9.40. The van der Waals surface area contributed by atoms with E-state index in [1.165, 1.54) is 5.56 Å². The van der Waals surface area contributed by atoms with Gasteiger partial charge in [-0.25, -0.2) is 0 Å². The van der Waals surface area contributed by atoms with Gasteiger partial charge in [-0.2, -0.15) is 15.5 Å². The molecule has 2 aromatic carbocycles. The smallest absolute Gasteiger partial charge is 0.102 e. The van der Waals surface area contributed by atoms with Crippen molar-refractivity contribution in [1.82, 2.24) is 10.2 Å². The Morgan fingerprint density at radius 3 is 2.40 bits per heavy atom. The van der Waals surface area contributed by atoms with Crippen LogP contribution in [0.2, 0.25) is 0 Å². The Labute approximate surface area is 117 Å². The molecular weight excluding hydrogens is 246 g/mol. The molecule has 0 N–H and O–H groups in total. The molecule has 0 atom stereocenters. The third kappa shape index (κ3) is 2.36. The van der Waals surface area contributed by atoms with E-state index in [1.807, 2.05) is 42.5 Å². The average molecular weight is 259 g/mol. The molecule has 0 aliphatic carbocycles. The lowest BCUT2D eigenvalue weighted by molar-refractivity contribution is 0.868. The topological polar surface area (TPSA) is 49.6 Å². The lowest BCUT2D eigenvalue weighted by atomic mass is 10.0. The predicted molar refractivity (Wildman–Crippen MR) is 78.1 cm³/mol. The fourth-order valence-corrected chi connectivity index (χ4v) is 2.30. The third-order valence-corrected chi connectivity index (χ3v) is 3.35. The molecule has 0 spiro atoms. The molecule has 0 aliphatic heterocycles. The van der Waals surface area contributed by atoms with Crippen molar-refractivity contribution in [2.75, 3.05) is 0 Å². The molecule has 3 rings (SSSR count). The Hall–Kier alpha value is -2.73. The number of nitrogens with zero attached hydrogens (tertiary/aromatic N) is 3. The molecule has 1 heterocycles. The third-order valence-electron chi connectivity index (χ3n) is 3.35. The van der Waals surface area contributed by atoms with Crippen molar-refractivity contribution in [3.8, 4) is 6.07 Å². The lowest BCUT2D eigenvalue weighted by Crippen LogP contribution is -2.01. The van der Waals surface area contributed by atoms with Crippen LogP contribution in [-0.2, 0) is 12.8 Å². The molecule has 0 saturated carbocycles. The molecule has 3 nitrogen and oxygen atoms in total. The summed E-state index contributed by atoms with van der Waals surface area (Å²) in [6.07, 6.45) is 1.59. The Bertz CT molecular complexity index is 773. The SMILES string of the molecule is N#Cc1c(CCc2ccccc2)nnc2ccccc12. The lowest BCUT2D eigenvalue weighted by Gasteiger charge is -2.05. The van der Waals surface area contributed by atoms with Gasteiger partial charge >= 0.3 is 0 Å². The molecule has 0 unspecified atom stereocenters. The molecule has 3 heteroatoms. The highest BCUT2D eigenvalue weighted by Gasteiger charge is 2.09. The van der Waals surface area contributed by atoms with Crippen LogP contribution in [0.1, 0.15) is 16.8 Å². The molecule has 0 fully saturated rings. The number of benzene rings is 2. The second-order valence-electron chi connectivity index (χ2n) is 4.64. The quantitative estimate of drug-likeness (QED) is 0.725. The monoisotopic (exact) mass is 259 g/mol. The summed E-state index contributed by atoms with van der Waals surface area (Å²) >= 11 is 0. The minimum atomic E-state index is 0.645. The van der Waals surface area contributed by atoms with Crippen molar-refractivity contribution in [1.29, 1.82) is 5.26 Å². The summed E-state index contributed by atoms with van der Waals surface area (Å²) in [5.41, 5.74) is 3.43. The minimum Gasteiger partial charge on any atom is -0.192 e. The Morgan fingerprint density at radius 2 is 1.60 bits per heavy atom. The summed E-state index contributed by atoms with van der Waals surface area (Å²) in [4.78, 5) is 0. The van der Waals surface area contributed by atoms with Crippen molar-refractivity contribution in [3.05, 3.63) is 71.4 Å². The van der Waals surface area contributed by atoms with Crippen LogP contribution in [0.3, 0.4) is 0 Å². The standard InChI is InChI=1S/C17H13N3/c18-12-15-14-8-4-5-9-16(14)19-20-17(15)11-10-13-6-2-1-3-7-13/h1-9H,10-11H2. The van der Waals surface area contributed by atoms with Crippen LogP contribution in [0.5, 0.6) is 0 Å². The average Bonchev–Trinajstić information content (AvgIpc) is 2.53. The Balaban J connectivity index is 1.94. The van der Waals surface area contributed by atoms with Crippen LogP contribution >= 0.6 is 0 Å². The number of nitriles is 1. The van der Waals surface area contributed by atoms with Gasteiger partial charge in [-0.05, 0) is 24.5 Å². The minimum absolute atomic E-state index is 0.645. The van der Waals surface area contributed by atoms with Gasteiger partial charge in [0.15, 0.2) is 0 Å². The van der Waals surface area contributed by atoms with Crippen molar-refractivity contribution in [2.45, 2.75) is 12.8 Å². The van der Waals surface area contributed by atoms with E-state index in [4.69, 9.17) is 0 Å². The summed E-state index contributed by atoms with van der Waals surface area (Å²) in [5, 5.41) is 18.7. The van der Waals surface area contributed by atoms with Gasteiger partial charge in [-0.3, -0.25) is 0 Å². The first-order chi connectivity index (χ1) is 9.88. The van der Waals surface area contributed by atoms with E-state index in [0.717, 1.165) is 29.4 Å². The number of rotatable bonds is 3. The van der Waals surface area contributed by atoms with E-state index in [9.17, 15) is 5.26 Å². The second kappa shape index (κ2) is 5.50. The first-order valence-corrected chi connectivity index (χ1v) is 6.57. The molecule has 0 aliphatic rings. The van der Waals surface area contributed by atoms with Crippen molar-refractivity contribution < 1.29 is 0 Å². The van der Waals surface area contributed by atoms with Crippen molar-refractivity contribution in [2.24, 2.45) is 0 Å². The van der Waals surface area contributed by atoms with Gasteiger partial charge < -0.3 is 0 Å². The largest absolute Gasteiger partial charge is 0.192 e. The van der Waals surface area contributed by atoms with Crippen LogP contribution in [0.4, 0.5) is 0 Å². The summed E-state index contributed by atoms with van der Waals surface area (Å²) in [6.45, 7) is 0. The van der Waals surface area contributed by atoms with Gasteiger partial charge in [0.2, 0.25) is 0 Å². The maximum atomic E-state index is 9.40. The van der Waals surface area contributed by atoms with E-state index >= 15 is 0 Å². The van der Waals surface area contributed by atoms with Crippen molar-refractivity contribution >= 4 is 10.9 Å². The summed E-state index contributed by atoms with van der Waals surface area (Å²) < 4.78 is 0. The Kier molecular flexibility index (Phi) is 3.38. The van der Waals surface area contributed by atoms with Crippen LogP contribution in [0.15, 0.2) is 54.6 Å². The first kappa shape index (κ1) is 12.3. The van der Waals surface area contributed by atoms with E-state index in [1.54, 1.807) is 0 Å². The van der Waals surface area contributed by atoms with Crippen LogP contribution < -0.4 is 0 Å². The van der Waals surface area contributed by atoms with Crippen molar-refractivity contribution in [3.63, 3.8) is 0 Å². The molecule has 96 valence electrons. The molecule has 3 aromatic rings. The highest BCUT2D eigenvalue weighted by Crippen LogP contribution is 2.19.